The fourth-order valence-electron chi connectivity index (χ4n) is 0. The topological polar surface area (TPSA) is 0 Å². The molecule has 0 nitrogen and oxygen atoms in total. The van der Waals surface area contributed by atoms with Gasteiger partial charge in [-0.3, -0.25) is 0 Å². The fraction of sp³-hybridized carbons (Fsp3) is 0.818. The Hall–Kier alpha value is 2.77. The Bertz CT molecular complexity index is 206. The molecule has 0 aromatic heterocycles. The summed E-state index contributed by atoms with van der Waals surface area (Å²) in [4.78, 5) is 0. The van der Waals surface area contributed by atoms with E-state index < -0.39 is 32.3 Å². The van der Waals surface area contributed by atoms with Crippen molar-refractivity contribution in [1.29, 1.82) is 0 Å². The van der Waals surface area contributed by atoms with E-state index in [-0.39, 0.29) is 50.0 Å². The molecule has 0 aliphatic carbocycles. The second-order valence-corrected chi connectivity index (χ2v) is 39.7. The second kappa shape index (κ2) is 28.0. The minimum Gasteiger partial charge on any atom is -0.342 e. The van der Waals surface area contributed by atoms with E-state index in [1.165, 1.54) is 0 Å². The standard InChI is InChI=1S/4C4H11Si.2C3H9P.2Mn/c4*1-5(2,3)4;2*1-4(2)3;;/h4*1H2,2-4H3;2*1-3H3;;/q4*-1;;;;+3/p+2. The van der Waals surface area contributed by atoms with Crippen molar-refractivity contribution in [2.45, 2.75) is 78.6 Å². The predicted molar refractivity (Wildman–Crippen MR) is 167 cm³/mol. The third-order valence-electron chi connectivity index (χ3n) is 0. The molecule has 0 bridgehead atoms. The zero-order chi connectivity index (χ0) is 25.2. The molecular weight excluding hydrogens is 548 g/mol. The molecule has 0 aliphatic rings. The van der Waals surface area contributed by atoms with Crippen LogP contribution in [0, 0.1) is 26.2 Å². The van der Waals surface area contributed by atoms with Gasteiger partial charge >= 0.3 is 17.1 Å². The normalized spacial score (nSPS) is 10.4. The van der Waals surface area contributed by atoms with Crippen LogP contribution < -0.4 is 0 Å². The van der Waals surface area contributed by atoms with Crippen molar-refractivity contribution in [3.8, 4) is 0 Å². The van der Waals surface area contributed by atoms with Gasteiger partial charge in [-0.25, -0.2) is 0 Å². The average molecular weight is 613 g/mol. The summed E-state index contributed by atoms with van der Waals surface area (Å²) in [5.74, 6) is 0. The van der Waals surface area contributed by atoms with Crippen LogP contribution in [-0.2, 0) is 34.1 Å². The molecule has 0 aliphatic heterocycles. The van der Waals surface area contributed by atoms with Gasteiger partial charge in [0.2, 0.25) is 0 Å². The Balaban J connectivity index is -0.0000000319. The van der Waals surface area contributed by atoms with Gasteiger partial charge in [0.05, 0.1) is 0 Å². The zero-order valence-electron chi connectivity index (χ0n) is 24.6. The van der Waals surface area contributed by atoms with Crippen LogP contribution in [0.25, 0.3) is 0 Å². The van der Waals surface area contributed by atoms with E-state index in [9.17, 15) is 0 Å². The summed E-state index contributed by atoms with van der Waals surface area (Å²) in [6.07, 6.45) is 0. The van der Waals surface area contributed by atoms with Crippen LogP contribution >= 0.6 is 15.8 Å². The van der Waals surface area contributed by atoms with Crippen molar-refractivity contribution < 1.29 is 34.1 Å². The summed E-state index contributed by atoms with van der Waals surface area (Å²) >= 11 is 0. The number of hydrogen-bond donors (Lipinski definition) is 0. The Labute approximate surface area is 225 Å². The number of hydrogen-bond acceptors (Lipinski definition) is 0. The molecule has 0 saturated heterocycles. The molecule has 0 aromatic rings. The van der Waals surface area contributed by atoms with E-state index in [1.807, 2.05) is 0 Å². The zero-order valence-corrected chi connectivity index (χ0v) is 32.9. The summed E-state index contributed by atoms with van der Waals surface area (Å²) < 4.78 is 0. The smallest absolute Gasteiger partial charge is 0.342 e. The Kier molecular flexibility index (Phi) is 50.3. The first-order valence-corrected chi connectivity index (χ1v) is 31.2. The van der Waals surface area contributed by atoms with E-state index in [1.54, 1.807) is 0 Å². The van der Waals surface area contributed by atoms with Crippen molar-refractivity contribution in [2.24, 2.45) is 0 Å². The molecule has 0 rings (SSSR count). The monoisotopic (exact) mass is 612 g/mol. The van der Waals surface area contributed by atoms with Gasteiger partial charge in [0, 0.05) is 57.1 Å². The van der Waals surface area contributed by atoms with Crippen molar-refractivity contribution in [3.05, 3.63) is 26.2 Å². The van der Waals surface area contributed by atoms with E-state index in [0.717, 1.165) is 0 Å². The molecule has 0 spiro atoms. The SMILES string of the molecule is C[PH+](C)C.C[PH+](C)C.[CH2-][Si](C)(C)C.[CH2-][Si](C)(C)C.[CH2-][Si](C)(C)C.[CH2-][Si](C)(C)C.[Mn+3].[Mn]. The summed E-state index contributed by atoms with van der Waals surface area (Å²) in [6, 6.07) is 0. The quantitative estimate of drug-likeness (QED) is 0.146. The van der Waals surface area contributed by atoms with Gasteiger partial charge in [-0.1, -0.05) is 78.6 Å². The van der Waals surface area contributed by atoms with Crippen molar-refractivity contribution >= 4 is 48.1 Å². The molecule has 191 valence electrons. The largest absolute Gasteiger partial charge is 3.00 e. The average Bonchev–Trinajstić information content (AvgIpc) is 1.99. The van der Waals surface area contributed by atoms with Crippen LogP contribution in [0.4, 0.5) is 0 Å². The summed E-state index contributed by atoms with van der Waals surface area (Å²) in [5, 5.41) is 0. The molecule has 0 N–H and O–H groups in total. The first kappa shape index (κ1) is 53.9. The van der Waals surface area contributed by atoms with Crippen LogP contribution in [0.15, 0.2) is 0 Å². The molecule has 30 heavy (non-hydrogen) atoms. The van der Waals surface area contributed by atoms with Gasteiger partial charge in [-0.05, 0) is 15.8 Å². The maximum atomic E-state index is 3.91. The van der Waals surface area contributed by atoms with Gasteiger partial charge < -0.3 is 26.2 Å². The summed E-state index contributed by atoms with van der Waals surface area (Å²) in [7, 11) is -3.20. The molecule has 0 saturated carbocycles. The van der Waals surface area contributed by atoms with Crippen LogP contribution in [0.3, 0.4) is 0 Å². The predicted octanol–water partition coefficient (Wildman–Crippen LogP) is 8.97. The third kappa shape index (κ3) is 3560. The molecule has 0 unspecified atom stereocenters. The summed E-state index contributed by atoms with van der Waals surface area (Å²) in [6.45, 7) is 55.8. The molecule has 0 aromatic carbocycles. The van der Waals surface area contributed by atoms with E-state index in [2.05, 4.69) is 145 Å². The molecule has 1 radical (unpaired) electrons. The van der Waals surface area contributed by atoms with Crippen molar-refractivity contribution in [3.63, 3.8) is 0 Å². The maximum Gasteiger partial charge on any atom is 3.00 e. The molecule has 0 fully saturated rings. The van der Waals surface area contributed by atoms with Gasteiger partial charge in [0.15, 0.2) is 0 Å². The minimum atomic E-state index is -0.861. The van der Waals surface area contributed by atoms with Gasteiger partial charge in [-0.15, -0.1) is 32.3 Å². The maximum absolute atomic E-state index is 3.91. The van der Waals surface area contributed by atoms with E-state index in [4.69, 9.17) is 0 Å². The molecule has 8 heteroatoms. The van der Waals surface area contributed by atoms with Crippen LogP contribution in [0.2, 0.25) is 78.6 Å². The van der Waals surface area contributed by atoms with Gasteiger partial charge in [-0.2, -0.15) is 0 Å². The fourth-order valence-corrected chi connectivity index (χ4v) is 0. The van der Waals surface area contributed by atoms with Crippen LogP contribution in [-0.4, -0.2) is 72.3 Å². The Morgan fingerprint density at radius 1 is 0.367 bits per heavy atom. The van der Waals surface area contributed by atoms with Crippen molar-refractivity contribution in [2.75, 3.05) is 40.0 Å². The first-order valence-electron chi connectivity index (χ1n) is 10.4. The number of rotatable bonds is 0. The van der Waals surface area contributed by atoms with E-state index in [0.29, 0.717) is 0 Å². The third-order valence-corrected chi connectivity index (χ3v) is 0. The Morgan fingerprint density at radius 2 is 0.367 bits per heavy atom. The first-order chi connectivity index (χ1) is 11.5. The summed E-state index contributed by atoms with van der Waals surface area (Å²) in [5.41, 5.74) is 0. The molecular formula is C22H64Mn2P2Si4+. The van der Waals surface area contributed by atoms with Crippen LogP contribution in [0.1, 0.15) is 0 Å². The molecule has 0 atom stereocenters. The Morgan fingerprint density at radius 3 is 0.367 bits per heavy atom. The van der Waals surface area contributed by atoms with Gasteiger partial charge in [0.1, 0.15) is 0 Å². The van der Waals surface area contributed by atoms with E-state index >= 15 is 0 Å². The minimum absolute atomic E-state index is 0. The van der Waals surface area contributed by atoms with Crippen molar-refractivity contribution in [1.82, 2.24) is 0 Å². The second-order valence-electron chi connectivity index (χ2n) is 13.2. The van der Waals surface area contributed by atoms with Crippen LogP contribution in [0.5, 0.6) is 0 Å². The van der Waals surface area contributed by atoms with Gasteiger partial charge in [0.25, 0.3) is 0 Å². The molecule has 0 heterocycles. The molecule has 0 amide bonds.